The van der Waals surface area contributed by atoms with Gasteiger partial charge in [0.25, 0.3) is 5.56 Å². The lowest BCUT2D eigenvalue weighted by Gasteiger charge is -2.23. The van der Waals surface area contributed by atoms with Crippen LogP contribution < -0.4 is 5.56 Å². The quantitative estimate of drug-likeness (QED) is 0.598. The number of pyridine rings is 1. The molecule has 1 unspecified atom stereocenters. The SMILES string of the molecule is C/C=C\c1cc(Cl)cc(CC(C)(C#N)c2ccc3cc(CC)c(=O)[nH]c3c2)c1. The summed E-state index contributed by atoms with van der Waals surface area (Å²) in [6.07, 6.45) is 5.16. The zero-order valence-electron chi connectivity index (χ0n) is 16.3. The van der Waals surface area contributed by atoms with Crippen molar-refractivity contribution in [2.45, 2.75) is 39.0 Å². The van der Waals surface area contributed by atoms with E-state index in [-0.39, 0.29) is 5.56 Å². The minimum Gasteiger partial charge on any atom is -0.322 e. The Hall–Kier alpha value is -2.83. The van der Waals surface area contributed by atoms with Crippen LogP contribution >= 0.6 is 11.6 Å². The number of allylic oxidation sites excluding steroid dienone is 1. The first-order valence-corrected chi connectivity index (χ1v) is 9.76. The fraction of sp³-hybridized carbons (Fsp3) is 0.250. The minimum absolute atomic E-state index is 0.0725. The number of aromatic amines is 1. The molecule has 1 N–H and O–H groups in total. The highest BCUT2D eigenvalue weighted by molar-refractivity contribution is 6.30. The molecule has 2 aromatic carbocycles. The van der Waals surface area contributed by atoms with Crippen molar-refractivity contribution in [1.82, 2.24) is 4.98 Å². The van der Waals surface area contributed by atoms with Crippen molar-refractivity contribution in [3.05, 3.63) is 86.2 Å². The number of hydrogen-bond donors (Lipinski definition) is 1. The number of hydrogen-bond acceptors (Lipinski definition) is 2. The number of rotatable bonds is 5. The molecule has 1 heterocycles. The minimum atomic E-state index is -0.744. The Morgan fingerprint density at radius 3 is 2.68 bits per heavy atom. The van der Waals surface area contributed by atoms with Crippen molar-refractivity contribution in [2.24, 2.45) is 0 Å². The molecule has 3 aromatic rings. The molecule has 142 valence electrons. The van der Waals surface area contributed by atoms with Gasteiger partial charge in [-0.3, -0.25) is 4.79 Å². The predicted molar refractivity (Wildman–Crippen MR) is 117 cm³/mol. The summed E-state index contributed by atoms with van der Waals surface area (Å²) >= 11 is 6.27. The van der Waals surface area contributed by atoms with Gasteiger partial charge in [-0.1, -0.05) is 48.9 Å². The van der Waals surface area contributed by atoms with Crippen LogP contribution in [0.25, 0.3) is 17.0 Å². The molecule has 1 atom stereocenters. The van der Waals surface area contributed by atoms with Crippen LogP contribution in [-0.4, -0.2) is 4.98 Å². The van der Waals surface area contributed by atoms with E-state index in [0.29, 0.717) is 17.9 Å². The first-order valence-electron chi connectivity index (χ1n) is 9.38. The molecule has 0 amide bonds. The standard InChI is InChI=1S/C24H23ClN2O/c1-4-6-16-9-17(11-21(25)10-16)14-24(3,15-26)20-8-7-19-12-18(5-2)23(28)27-22(19)13-20/h4,6-13H,5,14H2,1-3H3,(H,27,28)/b6-4-. The molecule has 1 aromatic heterocycles. The lowest BCUT2D eigenvalue weighted by Crippen LogP contribution is -2.23. The van der Waals surface area contributed by atoms with Crippen LogP contribution in [0.15, 0.2) is 53.3 Å². The molecule has 0 saturated carbocycles. The molecular formula is C24H23ClN2O. The lowest BCUT2D eigenvalue weighted by atomic mass is 9.78. The highest BCUT2D eigenvalue weighted by Gasteiger charge is 2.27. The Morgan fingerprint density at radius 2 is 2.00 bits per heavy atom. The molecule has 0 bridgehead atoms. The maximum Gasteiger partial charge on any atom is 0.251 e. The number of aryl methyl sites for hydroxylation is 1. The average Bonchev–Trinajstić information content (AvgIpc) is 2.66. The molecule has 0 aliphatic rings. The van der Waals surface area contributed by atoms with Gasteiger partial charge in [-0.2, -0.15) is 5.26 Å². The second-order valence-electron chi connectivity index (χ2n) is 7.29. The molecule has 3 rings (SSSR count). The third-order valence-electron chi connectivity index (χ3n) is 5.08. The fourth-order valence-electron chi connectivity index (χ4n) is 3.53. The van der Waals surface area contributed by atoms with Gasteiger partial charge in [0.2, 0.25) is 0 Å². The normalized spacial score (nSPS) is 13.5. The maximum atomic E-state index is 12.2. The van der Waals surface area contributed by atoms with Gasteiger partial charge in [-0.25, -0.2) is 0 Å². The first-order chi connectivity index (χ1) is 13.4. The van der Waals surface area contributed by atoms with E-state index in [2.05, 4.69) is 17.1 Å². The second-order valence-corrected chi connectivity index (χ2v) is 7.73. The number of nitrogens with one attached hydrogen (secondary N) is 1. The molecule has 28 heavy (non-hydrogen) atoms. The van der Waals surface area contributed by atoms with Crippen LogP contribution in [0.2, 0.25) is 5.02 Å². The Kier molecular flexibility index (Phi) is 5.72. The van der Waals surface area contributed by atoms with Crippen LogP contribution in [0, 0.1) is 11.3 Å². The number of benzene rings is 2. The van der Waals surface area contributed by atoms with Crippen molar-refractivity contribution < 1.29 is 0 Å². The van der Waals surface area contributed by atoms with Crippen molar-refractivity contribution in [3.8, 4) is 6.07 Å². The van der Waals surface area contributed by atoms with Crippen LogP contribution in [0.1, 0.15) is 43.0 Å². The van der Waals surface area contributed by atoms with E-state index >= 15 is 0 Å². The largest absolute Gasteiger partial charge is 0.322 e. The van der Waals surface area contributed by atoms with Crippen molar-refractivity contribution in [3.63, 3.8) is 0 Å². The van der Waals surface area contributed by atoms with Crippen molar-refractivity contribution >= 4 is 28.6 Å². The maximum absolute atomic E-state index is 12.2. The summed E-state index contributed by atoms with van der Waals surface area (Å²) in [5.74, 6) is 0. The van der Waals surface area contributed by atoms with Gasteiger partial charge in [0, 0.05) is 16.1 Å². The monoisotopic (exact) mass is 390 g/mol. The zero-order chi connectivity index (χ0) is 20.3. The van der Waals surface area contributed by atoms with Crippen LogP contribution in [-0.2, 0) is 18.3 Å². The third-order valence-corrected chi connectivity index (χ3v) is 5.30. The van der Waals surface area contributed by atoms with E-state index in [9.17, 15) is 10.1 Å². The summed E-state index contributed by atoms with van der Waals surface area (Å²) in [6.45, 7) is 5.84. The van der Waals surface area contributed by atoms with Gasteiger partial charge in [-0.15, -0.1) is 0 Å². The van der Waals surface area contributed by atoms with E-state index in [1.807, 2.05) is 69.3 Å². The molecule has 4 heteroatoms. The summed E-state index contributed by atoms with van der Waals surface area (Å²) in [6, 6.07) is 16.1. The smallest absolute Gasteiger partial charge is 0.251 e. The highest BCUT2D eigenvalue weighted by atomic mass is 35.5. The predicted octanol–water partition coefficient (Wildman–Crippen LogP) is 5.80. The summed E-state index contributed by atoms with van der Waals surface area (Å²) in [4.78, 5) is 15.1. The topological polar surface area (TPSA) is 56.6 Å². The number of nitriles is 1. The van der Waals surface area contributed by atoms with E-state index in [1.54, 1.807) is 0 Å². The molecule has 0 aliphatic carbocycles. The average molecular weight is 391 g/mol. The van der Waals surface area contributed by atoms with Gasteiger partial charge >= 0.3 is 0 Å². The van der Waals surface area contributed by atoms with Crippen LogP contribution in [0.4, 0.5) is 0 Å². The van der Waals surface area contributed by atoms with Crippen molar-refractivity contribution in [1.29, 1.82) is 5.26 Å². The summed E-state index contributed by atoms with van der Waals surface area (Å²) in [5, 5.41) is 11.6. The van der Waals surface area contributed by atoms with E-state index in [1.165, 1.54) is 0 Å². The first kappa shape index (κ1) is 19.9. The van der Waals surface area contributed by atoms with Gasteiger partial charge < -0.3 is 4.98 Å². The Morgan fingerprint density at radius 1 is 1.21 bits per heavy atom. The number of fused-ring (bicyclic) bond motifs is 1. The van der Waals surface area contributed by atoms with E-state index < -0.39 is 5.41 Å². The van der Waals surface area contributed by atoms with Gasteiger partial charge in [0.1, 0.15) is 0 Å². The molecule has 0 saturated heterocycles. The highest BCUT2D eigenvalue weighted by Crippen LogP contribution is 2.31. The molecule has 0 fully saturated rings. The zero-order valence-corrected chi connectivity index (χ0v) is 17.1. The Balaban J connectivity index is 2.04. The van der Waals surface area contributed by atoms with Crippen molar-refractivity contribution in [2.75, 3.05) is 0 Å². The summed E-state index contributed by atoms with van der Waals surface area (Å²) < 4.78 is 0. The molecule has 3 nitrogen and oxygen atoms in total. The molecular weight excluding hydrogens is 368 g/mol. The molecule has 0 radical (unpaired) electrons. The van der Waals surface area contributed by atoms with Crippen LogP contribution in [0.5, 0.6) is 0 Å². The summed E-state index contributed by atoms with van der Waals surface area (Å²) in [5.41, 5.74) is 3.58. The number of nitrogens with zero attached hydrogens (tertiary/aromatic N) is 1. The van der Waals surface area contributed by atoms with E-state index in [4.69, 9.17) is 11.6 Å². The number of halogens is 1. The fourth-order valence-corrected chi connectivity index (χ4v) is 3.80. The number of aromatic nitrogens is 1. The lowest BCUT2D eigenvalue weighted by molar-refractivity contribution is 0.607. The van der Waals surface area contributed by atoms with Crippen LogP contribution in [0.3, 0.4) is 0 Å². The van der Waals surface area contributed by atoms with Gasteiger partial charge in [0.05, 0.1) is 11.5 Å². The second kappa shape index (κ2) is 8.04. The Bertz CT molecular complexity index is 1150. The van der Waals surface area contributed by atoms with Gasteiger partial charge in [-0.05, 0) is 73.0 Å². The molecule has 0 spiro atoms. The van der Waals surface area contributed by atoms with Gasteiger partial charge in [0.15, 0.2) is 0 Å². The summed E-state index contributed by atoms with van der Waals surface area (Å²) in [7, 11) is 0. The Labute approximate surface area is 170 Å². The van der Waals surface area contributed by atoms with E-state index in [0.717, 1.165) is 33.2 Å². The number of H-pyrrole nitrogens is 1. The third kappa shape index (κ3) is 4.03. The molecule has 0 aliphatic heterocycles.